The van der Waals surface area contributed by atoms with Crippen molar-refractivity contribution < 1.29 is 0 Å². The summed E-state index contributed by atoms with van der Waals surface area (Å²) >= 11 is 0. The molecule has 0 amide bonds. The second-order valence-electron chi connectivity index (χ2n) is 3.55. The molecule has 0 saturated carbocycles. The summed E-state index contributed by atoms with van der Waals surface area (Å²) in [7, 11) is 0. The van der Waals surface area contributed by atoms with E-state index < -0.39 is 0 Å². The number of para-hydroxylation sites is 1. The van der Waals surface area contributed by atoms with Crippen LogP contribution in [0.1, 0.15) is 19.0 Å². The zero-order chi connectivity index (χ0) is 10.8. The molecular formula is C13H13NO. The lowest BCUT2D eigenvalue weighted by molar-refractivity contribution is 1.20. The maximum absolute atomic E-state index is 11.8. The summed E-state index contributed by atoms with van der Waals surface area (Å²) in [4.78, 5) is 15.0. The highest BCUT2D eigenvalue weighted by atomic mass is 16.1. The van der Waals surface area contributed by atoms with Crippen LogP contribution in [-0.2, 0) is 0 Å². The Morgan fingerprint density at radius 3 is 2.87 bits per heavy atom. The molecule has 0 aliphatic carbocycles. The summed E-state index contributed by atoms with van der Waals surface area (Å²) in [5, 5.41) is 0.727. The molecule has 2 aromatic rings. The summed E-state index contributed by atoms with van der Waals surface area (Å²) in [6.45, 7) is 5.94. The lowest BCUT2D eigenvalue weighted by Crippen LogP contribution is -2.04. The van der Waals surface area contributed by atoms with Gasteiger partial charge in [-0.1, -0.05) is 25.6 Å². The first-order valence-corrected chi connectivity index (χ1v) is 5.02. The number of hydrogen-bond acceptors (Lipinski definition) is 1. The van der Waals surface area contributed by atoms with Crippen molar-refractivity contribution in [1.82, 2.24) is 4.98 Å². The molecule has 0 spiro atoms. The van der Waals surface area contributed by atoms with Crippen molar-refractivity contribution in [3.8, 4) is 0 Å². The molecule has 0 radical (unpaired) electrons. The molecule has 1 N–H and O–H groups in total. The SMILES string of the molecule is C=C(CC)c1cc(=O)c2ccccc2[nH]1. The largest absolute Gasteiger partial charge is 0.355 e. The van der Waals surface area contributed by atoms with Crippen LogP contribution in [0.5, 0.6) is 0 Å². The van der Waals surface area contributed by atoms with Gasteiger partial charge in [-0.2, -0.15) is 0 Å². The normalized spacial score (nSPS) is 10.5. The standard InChI is InChI=1S/C13H13NO/c1-3-9(2)12-8-13(15)10-6-4-5-7-11(10)14-12/h4-8H,2-3H2,1H3,(H,14,15). The number of benzene rings is 1. The highest BCUT2D eigenvalue weighted by Crippen LogP contribution is 2.14. The van der Waals surface area contributed by atoms with Gasteiger partial charge in [0.2, 0.25) is 0 Å². The summed E-state index contributed by atoms with van der Waals surface area (Å²) < 4.78 is 0. The highest BCUT2D eigenvalue weighted by molar-refractivity contribution is 5.80. The van der Waals surface area contributed by atoms with E-state index in [1.165, 1.54) is 0 Å². The predicted molar refractivity (Wildman–Crippen MR) is 63.9 cm³/mol. The van der Waals surface area contributed by atoms with E-state index in [1.807, 2.05) is 31.2 Å². The summed E-state index contributed by atoms with van der Waals surface area (Å²) in [6.07, 6.45) is 0.842. The van der Waals surface area contributed by atoms with Crippen LogP contribution in [0.4, 0.5) is 0 Å². The van der Waals surface area contributed by atoms with Crippen molar-refractivity contribution in [2.45, 2.75) is 13.3 Å². The van der Waals surface area contributed by atoms with E-state index in [0.29, 0.717) is 0 Å². The van der Waals surface area contributed by atoms with Gasteiger partial charge in [0.15, 0.2) is 5.43 Å². The van der Waals surface area contributed by atoms with E-state index >= 15 is 0 Å². The molecule has 2 nitrogen and oxygen atoms in total. The van der Waals surface area contributed by atoms with E-state index in [1.54, 1.807) is 6.07 Å². The van der Waals surface area contributed by atoms with E-state index in [9.17, 15) is 4.79 Å². The van der Waals surface area contributed by atoms with Gasteiger partial charge in [0.25, 0.3) is 0 Å². The van der Waals surface area contributed by atoms with Crippen LogP contribution in [-0.4, -0.2) is 4.98 Å². The molecule has 2 rings (SSSR count). The summed E-state index contributed by atoms with van der Waals surface area (Å²) in [5.74, 6) is 0. The number of fused-ring (bicyclic) bond motifs is 1. The lowest BCUT2D eigenvalue weighted by atomic mass is 10.1. The number of aromatic nitrogens is 1. The molecule has 1 aromatic carbocycles. The maximum atomic E-state index is 11.8. The van der Waals surface area contributed by atoms with Crippen LogP contribution in [0.2, 0.25) is 0 Å². The van der Waals surface area contributed by atoms with E-state index in [0.717, 1.165) is 28.6 Å². The van der Waals surface area contributed by atoms with Crippen LogP contribution in [0.25, 0.3) is 16.5 Å². The molecule has 0 aliphatic heterocycles. The Hall–Kier alpha value is -1.83. The van der Waals surface area contributed by atoms with Crippen LogP contribution in [0.3, 0.4) is 0 Å². The number of nitrogens with one attached hydrogen (secondary N) is 1. The molecule has 0 unspecified atom stereocenters. The van der Waals surface area contributed by atoms with E-state index in [4.69, 9.17) is 0 Å². The Morgan fingerprint density at radius 1 is 1.40 bits per heavy atom. The van der Waals surface area contributed by atoms with Gasteiger partial charge in [0.1, 0.15) is 0 Å². The molecule has 15 heavy (non-hydrogen) atoms. The number of hydrogen-bond donors (Lipinski definition) is 1. The van der Waals surface area contributed by atoms with Crippen LogP contribution in [0, 0.1) is 0 Å². The molecule has 0 saturated heterocycles. The van der Waals surface area contributed by atoms with E-state index in [-0.39, 0.29) is 5.43 Å². The van der Waals surface area contributed by atoms with Crippen molar-refractivity contribution in [2.24, 2.45) is 0 Å². The molecule has 0 bridgehead atoms. The highest BCUT2D eigenvalue weighted by Gasteiger charge is 2.02. The van der Waals surface area contributed by atoms with Crippen molar-refractivity contribution in [3.05, 3.63) is 52.8 Å². The van der Waals surface area contributed by atoms with Gasteiger partial charge < -0.3 is 4.98 Å². The van der Waals surface area contributed by atoms with Gasteiger partial charge in [-0.15, -0.1) is 0 Å². The zero-order valence-corrected chi connectivity index (χ0v) is 8.71. The van der Waals surface area contributed by atoms with Gasteiger partial charge in [-0.3, -0.25) is 4.79 Å². The minimum Gasteiger partial charge on any atom is -0.355 e. The molecule has 1 heterocycles. The van der Waals surface area contributed by atoms with Crippen LogP contribution in [0.15, 0.2) is 41.7 Å². The summed E-state index contributed by atoms with van der Waals surface area (Å²) in [5.41, 5.74) is 2.71. The average Bonchev–Trinajstić information content (AvgIpc) is 2.28. The number of rotatable bonds is 2. The first-order chi connectivity index (χ1) is 7.22. The Bertz CT molecular complexity index is 566. The third-order valence-corrected chi connectivity index (χ3v) is 2.54. The van der Waals surface area contributed by atoms with Crippen LogP contribution >= 0.6 is 0 Å². The smallest absolute Gasteiger partial charge is 0.189 e. The second-order valence-corrected chi connectivity index (χ2v) is 3.55. The predicted octanol–water partition coefficient (Wildman–Crippen LogP) is 2.95. The van der Waals surface area contributed by atoms with Crippen molar-refractivity contribution >= 4 is 16.5 Å². The Morgan fingerprint density at radius 2 is 2.13 bits per heavy atom. The van der Waals surface area contributed by atoms with Crippen LogP contribution < -0.4 is 5.43 Å². The van der Waals surface area contributed by atoms with Gasteiger partial charge >= 0.3 is 0 Å². The minimum absolute atomic E-state index is 0.0500. The van der Waals surface area contributed by atoms with Gasteiger partial charge in [-0.25, -0.2) is 0 Å². The first-order valence-electron chi connectivity index (χ1n) is 5.02. The number of pyridine rings is 1. The molecule has 2 heteroatoms. The number of allylic oxidation sites excluding steroid dienone is 1. The first kappa shape index (κ1) is 9.71. The maximum Gasteiger partial charge on any atom is 0.189 e. The van der Waals surface area contributed by atoms with Gasteiger partial charge in [0, 0.05) is 22.7 Å². The number of H-pyrrole nitrogens is 1. The van der Waals surface area contributed by atoms with Crippen molar-refractivity contribution in [3.63, 3.8) is 0 Å². The minimum atomic E-state index is 0.0500. The zero-order valence-electron chi connectivity index (χ0n) is 8.71. The summed E-state index contributed by atoms with van der Waals surface area (Å²) in [6, 6.07) is 9.13. The van der Waals surface area contributed by atoms with Crippen molar-refractivity contribution in [2.75, 3.05) is 0 Å². The molecular weight excluding hydrogens is 186 g/mol. The fraction of sp³-hybridized carbons (Fsp3) is 0.154. The quantitative estimate of drug-likeness (QED) is 0.792. The van der Waals surface area contributed by atoms with Crippen molar-refractivity contribution in [1.29, 1.82) is 0 Å². The third kappa shape index (κ3) is 1.71. The molecule has 1 aromatic heterocycles. The fourth-order valence-electron chi connectivity index (χ4n) is 1.58. The Balaban J connectivity index is 2.73. The van der Waals surface area contributed by atoms with E-state index in [2.05, 4.69) is 11.6 Å². The molecule has 0 atom stereocenters. The fourth-order valence-corrected chi connectivity index (χ4v) is 1.58. The third-order valence-electron chi connectivity index (χ3n) is 2.54. The Kier molecular flexibility index (Phi) is 2.42. The monoisotopic (exact) mass is 199 g/mol. The average molecular weight is 199 g/mol. The second kappa shape index (κ2) is 3.73. The molecule has 0 aliphatic rings. The van der Waals surface area contributed by atoms with Gasteiger partial charge in [0.05, 0.1) is 0 Å². The topological polar surface area (TPSA) is 32.9 Å². The number of aromatic amines is 1. The Labute approximate surface area is 88.3 Å². The molecule has 76 valence electrons. The van der Waals surface area contributed by atoms with Gasteiger partial charge in [-0.05, 0) is 24.1 Å². The lowest BCUT2D eigenvalue weighted by Gasteiger charge is -2.04. The molecule has 0 fully saturated rings.